The van der Waals surface area contributed by atoms with E-state index in [1.165, 1.54) is 7.05 Å². The minimum absolute atomic E-state index is 0.281. The van der Waals surface area contributed by atoms with Crippen LogP contribution in [0.15, 0.2) is 72.4 Å². The van der Waals surface area contributed by atoms with Crippen molar-refractivity contribution in [2.75, 3.05) is 19.5 Å². The van der Waals surface area contributed by atoms with E-state index in [-0.39, 0.29) is 17.5 Å². The zero-order chi connectivity index (χ0) is 19.0. The molecule has 1 aliphatic heterocycles. The first-order valence-corrected chi connectivity index (χ1v) is 8.56. The number of hydrogen-bond acceptors (Lipinski definition) is 4. The van der Waals surface area contributed by atoms with E-state index in [4.69, 9.17) is 4.74 Å². The van der Waals surface area contributed by atoms with Gasteiger partial charge in [0, 0.05) is 18.1 Å². The summed E-state index contributed by atoms with van der Waals surface area (Å²) in [4.78, 5) is 26.6. The second-order valence-electron chi connectivity index (χ2n) is 6.30. The van der Waals surface area contributed by atoms with Gasteiger partial charge in [-0.15, -0.1) is 0 Å². The molecule has 0 aromatic heterocycles. The first-order chi connectivity index (χ1) is 13.1. The molecule has 0 radical (unpaired) electrons. The van der Waals surface area contributed by atoms with Crippen LogP contribution in [-0.2, 0) is 9.59 Å². The maximum absolute atomic E-state index is 12.7. The first kappa shape index (κ1) is 16.8. The van der Waals surface area contributed by atoms with Gasteiger partial charge >= 0.3 is 0 Å². The third-order valence-corrected chi connectivity index (χ3v) is 4.72. The van der Waals surface area contributed by atoms with Crippen LogP contribution >= 0.6 is 0 Å². The Bertz CT molecular complexity index is 1080. The Morgan fingerprint density at radius 2 is 1.56 bits per heavy atom. The number of anilines is 1. The summed E-state index contributed by atoms with van der Waals surface area (Å²) in [5.41, 5.74) is 2.09. The van der Waals surface area contributed by atoms with Gasteiger partial charge in [-0.05, 0) is 29.1 Å². The van der Waals surface area contributed by atoms with Crippen molar-refractivity contribution in [1.82, 2.24) is 4.90 Å². The number of likely N-dealkylation sites (N-methyl/N-ethyl adjacent to an activating group) is 1. The molecule has 0 atom stereocenters. The summed E-state index contributed by atoms with van der Waals surface area (Å²) in [5.74, 6) is 0.0136. The van der Waals surface area contributed by atoms with Crippen molar-refractivity contribution in [2.24, 2.45) is 0 Å². The maximum Gasteiger partial charge on any atom is 0.277 e. The third-order valence-electron chi connectivity index (χ3n) is 4.72. The number of carbonyl (C=O) groups is 2. The predicted molar refractivity (Wildman–Crippen MR) is 105 cm³/mol. The Balaban J connectivity index is 1.84. The Hall–Kier alpha value is -3.60. The van der Waals surface area contributed by atoms with Crippen LogP contribution in [0, 0.1) is 0 Å². The molecule has 134 valence electrons. The van der Waals surface area contributed by atoms with Crippen LogP contribution in [0.3, 0.4) is 0 Å². The highest BCUT2D eigenvalue weighted by Gasteiger charge is 2.36. The van der Waals surface area contributed by atoms with Crippen molar-refractivity contribution in [3.8, 4) is 5.75 Å². The number of ether oxygens (including phenoxy) is 1. The zero-order valence-electron chi connectivity index (χ0n) is 15.0. The lowest BCUT2D eigenvalue weighted by Gasteiger charge is -2.11. The SMILES string of the molecule is COc1ccc(C2=C(Nc3cccc4ccccc34)C(=O)N(C)C2=O)cc1. The summed E-state index contributed by atoms with van der Waals surface area (Å²) in [7, 11) is 3.08. The van der Waals surface area contributed by atoms with E-state index in [9.17, 15) is 9.59 Å². The van der Waals surface area contributed by atoms with Gasteiger partial charge in [-0.25, -0.2) is 0 Å². The molecule has 1 N–H and O–H groups in total. The van der Waals surface area contributed by atoms with E-state index in [1.54, 1.807) is 31.4 Å². The molecule has 1 heterocycles. The smallest absolute Gasteiger partial charge is 0.277 e. The third kappa shape index (κ3) is 2.83. The maximum atomic E-state index is 12.7. The van der Waals surface area contributed by atoms with Gasteiger partial charge < -0.3 is 10.1 Å². The second kappa shape index (κ2) is 6.61. The molecule has 27 heavy (non-hydrogen) atoms. The molecule has 5 nitrogen and oxygen atoms in total. The number of nitrogens with one attached hydrogen (secondary N) is 1. The van der Waals surface area contributed by atoms with Crippen molar-refractivity contribution in [3.63, 3.8) is 0 Å². The number of imide groups is 1. The number of nitrogens with zero attached hydrogens (tertiary/aromatic N) is 1. The average molecular weight is 358 g/mol. The van der Waals surface area contributed by atoms with E-state index in [1.807, 2.05) is 42.5 Å². The van der Waals surface area contributed by atoms with E-state index < -0.39 is 0 Å². The molecule has 1 aliphatic rings. The summed E-state index contributed by atoms with van der Waals surface area (Å²) >= 11 is 0. The largest absolute Gasteiger partial charge is 0.497 e. The number of amides is 2. The zero-order valence-corrected chi connectivity index (χ0v) is 15.0. The molecule has 0 aliphatic carbocycles. The summed E-state index contributed by atoms with van der Waals surface area (Å²) in [6, 6.07) is 20.8. The second-order valence-corrected chi connectivity index (χ2v) is 6.30. The topological polar surface area (TPSA) is 58.6 Å². The van der Waals surface area contributed by atoms with E-state index in [0.717, 1.165) is 21.4 Å². The number of carbonyl (C=O) groups excluding carboxylic acids is 2. The van der Waals surface area contributed by atoms with Crippen molar-refractivity contribution >= 4 is 33.8 Å². The number of rotatable bonds is 4. The standard InChI is InChI=1S/C22H18N2O3/c1-24-21(25)19(15-10-12-16(27-2)13-11-15)20(22(24)26)23-18-9-5-7-14-6-3-4-8-17(14)18/h3-13,23H,1-2H3. The van der Waals surface area contributed by atoms with Gasteiger partial charge in [0.2, 0.25) is 0 Å². The number of fused-ring (bicyclic) bond motifs is 1. The van der Waals surface area contributed by atoms with Gasteiger partial charge in [-0.3, -0.25) is 14.5 Å². The van der Waals surface area contributed by atoms with Crippen molar-refractivity contribution < 1.29 is 14.3 Å². The lowest BCUT2D eigenvalue weighted by molar-refractivity contribution is -0.135. The molecule has 3 aromatic carbocycles. The fourth-order valence-electron chi connectivity index (χ4n) is 3.25. The highest BCUT2D eigenvalue weighted by molar-refractivity contribution is 6.36. The molecule has 0 fully saturated rings. The van der Waals surface area contributed by atoms with Crippen LogP contribution in [-0.4, -0.2) is 30.9 Å². The summed E-state index contributed by atoms with van der Waals surface area (Å²) < 4.78 is 5.18. The molecular formula is C22H18N2O3. The molecule has 0 unspecified atom stereocenters. The Morgan fingerprint density at radius 3 is 2.30 bits per heavy atom. The molecule has 0 saturated heterocycles. The summed E-state index contributed by atoms with van der Waals surface area (Å²) in [5, 5.41) is 5.25. The molecule has 0 spiro atoms. The summed E-state index contributed by atoms with van der Waals surface area (Å²) in [6.07, 6.45) is 0. The Labute approximate surface area is 156 Å². The molecular weight excluding hydrogens is 340 g/mol. The van der Waals surface area contributed by atoms with Crippen molar-refractivity contribution in [2.45, 2.75) is 0 Å². The van der Waals surface area contributed by atoms with Gasteiger partial charge in [-0.1, -0.05) is 48.5 Å². The first-order valence-electron chi connectivity index (χ1n) is 8.56. The Morgan fingerprint density at radius 1 is 0.852 bits per heavy atom. The van der Waals surface area contributed by atoms with Gasteiger partial charge in [0.25, 0.3) is 11.8 Å². The molecule has 0 bridgehead atoms. The van der Waals surface area contributed by atoms with Gasteiger partial charge in [0.05, 0.1) is 12.7 Å². The fourth-order valence-corrected chi connectivity index (χ4v) is 3.25. The van der Waals surface area contributed by atoms with Crippen LogP contribution in [0.5, 0.6) is 5.75 Å². The van der Waals surface area contributed by atoms with Crippen LogP contribution in [0.1, 0.15) is 5.56 Å². The number of benzene rings is 3. The predicted octanol–water partition coefficient (Wildman–Crippen LogP) is 3.67. The number of hydrogen-bond donors (Lipinski definition) is 1. The highest BCUT2D eigenvalue weighted by atomic mass is 16.5. The molecule has 5 heteroatoms. The Kier molecular flexibility index (Phi) is 4.12. The highest BCUT2D eigenvalue weighted by Crippen LogP contribution is 2.32. The summed E-state index contributed by atoms with van der Waals surface area (Å²) in [6.45, 7) is 0. The molecule has 0 saturated carbocycles. The quantitative estimate of drug-likeness (QED) is 0.723. The normalized spacial score (nSPS) is 14.2. The molecule has 3 aromatic rings. The lowest BCUT2D eigenvalue weighted by atomic mass is 10.0. The van der Waals surface area contributed by atoms with Crippen LogP contribution in [0.25, 0.3) is 16.3 Å². The fraction of sp³-hybridized carbons (Fsp3) is 0.0909. The molecule has 2 amide bonds. The minimum atomic E-state index is -0.348. The molecule has 4 rings (SSSR count). The van der Waals surface area contributed by atoms with E-state index in [2.05, 4.69) is 5.32 Å². The van der Waals surface area contributed by atoms with Crippen LogP contribution in [0.4, 0.5) is 5.69 Å². The van der Waals surface area contributed by atoms with Crippen LogP contribution in [0.2, 0.25) is 0 Å². The van der Waals surface area contributed by atoms with Gasteiger partial charge in [-0.2, -0.15) is 0 Å². The van der Waals surface area contributed by atoms with E-state index >= 15 is 0 Å². The van der Waals surface area contributed by atoms with Gasteiger partial charge in [0.15, 0.2) is 0 Å². The van der Waals surface area contributed by atoms with E-state index in [0.29, 0.717) is 16.9 Å². The van der Waals surface area contributed by atoms with Crippen molar-refractivity contribution in [1.29, 1.82) is 0 Å². The minimum Gasteiger partial charge on any atom is -0.497 e. The monoisotopic (exact) mass is 358 g/mol. The van der Waals surface area contributed by atoms with Gasteiger partial charge in [0.1, 0.15) is 11.4 Å². The van der Waals surface area contributed by atoms with Crippen molar-refractivity contribution in [3.05, 3.63) is 78.0 Å². The number of methoxy groups -OCH3 is 1. The average Bonchev–Trinajstić information content (AvgIpc) is 2.92. The van der Waals surface area contributed by atoms with Crippen LogP contribution < -0.4 is 10.1 Å². The lowest BCUT2D eigenvalue weighted by Crippen LogP contribution is -2.27.